The summed E-state index contributed by atoms with van der Waals surface area (Å²) < 4.78 is 9.15. The van der Waals surface area contributed by atoms with Gasteiger partial charge in [-0.15, -0.1) is 0 Å². The van der Waals surface area contributed by atoms with Crippen molar-refractivity contribution in [2.24, 2.45) is 0 Å². The third-order valence-corrected chi connectivity index (χ3v) is 1.39. The van der Waals surface area contributed by atoms with Crippen molar-refractivity contribution in [2.45, 2.75) is 6.92 Å². The Hall–Kier alpha value is -2.11. The monoisotopic (exact) mass is 228 g/mol. The molecule has 0 aromatic heterocycles. The molecule has 0 saturated heterocycles. The number of carboxylic acids is 1. The summed E-state index contributed by atoms with van der Waals surface area (Å²) in [5.74, 6) is -2.61. The predicted molar refractivity (Wildman–Crippen MR) is 53.5 cm³/mol. The molecule has 0 unspecified atom stereocenters. The normalized spacial score (nSPS) is 10.4. The molecule has 6 heteroatoms. The molecule has 0 spiro atoms. The highest BCUT2D eigenvalue weighted by Crippen LogP contribution is 1.96. The summed E-state index contributed by atoms with van der Waals surface area (Å²) in [6.45, 7) is 4.25. The highest BCUT2D eigenvalue weighted by Gasteiger charge is 2.07. The van der Waals surface area contributed by atoms with Crippen LogP contribution in [0.3, 0.4) is 0 Å². The summed E-state index contributed by atoms with van der Waals surface area (Å²) in [6.07, 6.45) is 1.72. The van der Waals surface area contributed by atoms with E-state index in [0.29, 0.717) is 0 Å². The van der Waals surface area contributed by atoms with Crippen molar-refractivity contribution in [3.63, 3.8) is 0 Å². The second-order valence-electron chi connectivity index (χ2n) is 2.67. The summed E-state index contributed by atoms with van der Waals surface area (Å²) in [6, 6.07) is 0. The van der Waals surface area contributed by atoms with Gasteiger partial charge in [0.05, 0.1) is 0 Å². The van der Waals surface area contributed by atoms with Gasteiger partial charge in [0.25, 0.3) is 0 Å². The molecule has 6 nitrogen and oxygen atoms in total. The Labute approximate surface area is 92.2 Å². The minimum atomic E-state index is -1.23. The van der Waals surface area contributed by atoms with E-state index >= 15 is 0 Å². The van der Waals surface area contributed by atoms with Crippen LogP contribution in [0.2, 0.25) is 0 Å². The van der Waals surface area contributed by atoms with Crippen LogP contribution in [-0.2, 0) is 23.9 Å². The number of carbonyl (C=O) groups is 3. The van der Waals surface area contributed by atoms with Crippen LogP contribution < -0.4 is 0 Å². The van der Waals surface area contributed by atoms with Crippen LogP contribution in [0.4, 0.5) is 0 Å². The quantitative estimate of drug-likeness (QED) is 0.399. The standard InChI is InChI=1S/C10H12O6/c1-3-9(13)15-4-5-16-10(14)7(2)6-8(11)12/h3,6H,1,4-5H2,2H3,(H,11,12)/b7-6-. The van der Waals surface area contributed by atoms with E-state index in [1.807, 2.05) is 0 Å². The van der Waals surface area contributed by atoms with Crippen molar-refractivity contribution in [3.05, 3.63) is 24.3 Å². The Morgan fingerprint density at radius 2 is 1.81 bits per heavy atom. The lowest BCUT2D eigenvalue weighted by atomic mass is 10.3. The fraction of sp³-hybridized carbons (Fsp3) is 0.300. The zero-order valence-corrected chi connectivity index (χ0v) is 8.76. The second kappa shape index (κ2) is 7.22. The number of rotatable bonds is 6. The van der Waals surface area contributed by atoms with Gasteiger partial charge in [0.15, 0.2) is 0 Å². The fourth-order valence-electron chi connectivity index (χ4n) is 0.694. The predicted octanol–water partition coefficient (Wildman–Crippen LogP) is 0.290. The van der Waals surface area contributed by atoms with Gasteiger partial charge in [0.1, 0.15) is 13.2 Å². The number of esters is 2. The minimum Gasteiger partial charge on any atom is -0.478 e. The summed E-state index contributed by atoms with van der Waals surface area (Å²) >= 11 is 0. The van der Waals surface area contributed by atoms with Gasteiger partial charge in [0, 0.05) is 17.7 Å². The maximum Gasteiger partial charge on any atom is 0.334 e. The average molecular weight is 228 g/mol. The molecule has 0 radical (unpaired) electrons. The van der Waals surface area contributed by atoms with Gasteiger partial charge in [0.2, 0.25) is 0 Å². The van der Waals surface area contributed by atoms with Crippen molar-refractivity contribution >= 4 is 17.9 Å². The van der Waals surface area contributed by atoms with Gasteiger partial charge in [-0.25, -0.2) is 14.4 Å². The molecule has 0 rings (SSSR count). The molecule has 0 fully saturated rings. The Balaban J connectivity index is 3.86. The van der Waals surface area contributed by atoms with Crippen LogP contribution in [-0.4, -0.2) is 36.2 Å². The van der Waals surface area contributed by atoms with E-state index in [2.05, 4.69) is 16.1 Å². The molecule has 0 aromatic carbocycles. The molecular weight excluding hydrogens is 216 g/mol. The van der Waals surface area contributed by atoms with Crippen molar-refractivity contribution < 1.29 is 29.0 Å². The summed E-state index contributed by atoms with van der Waals surface area (Å²) in [5, 5.41) is 8.34. The highest BCUT2D eigenvalue weighted by atomic mass is 16.6. The maximum absolute atomic E-state index is 11.1. The third-order valence-electron chi connectivity index (χ3n) is 1.39. The Morgan fingerprint density at radius 1 is 1.25 bits per heavy atom. The van der Waals surface area contributed by atoms with Crippen LogP contribution in [0.5, 0.6) is 0 Å². The van der Waals surface area contributed by atoms with Gasteiger partial charge in [-0.1, -0.05) is 6.58 Å². The Morgan fingerprint density at radius 3 is 2.31 bits per heavy atom. The van der Waals surface area contributed by atoms with E-state index in [0.717, 1.165) is 12.2 Å². The topological polar surface area (TPSA) is 89.9 Å². The lowest BCUT2D eigenvalue weighted by Crippen LogP contribution is -2.13. The van der Waals surface area contributed by atoms with Crippen molar-refractivity contribution in [1.29, 1.82) is 0 Å². The molecule has 0 aromatic rings. The first-order valence-electron chi connectivity index (χ1n) is 4.35. The lowest BCUT2D eigenvalue weighted by Gasteiger charge is -2.04. The SMILES string of the molecule is C=CC(=O)OCCOC(=O)/C(C)=C\C(=O)O. The maximum atomic E-state index is 11.1. The van der Waals surface area contributed by atoms with Crippen LogP contribution >= 0.6 is 0 Å². The van der Waals surface area contributed by atoms with Crippen LogP contribution in [0, 0.1) is 0 Å². The Bertz CT molecular complexity index is 328. The molecule has 0 bridgehead atoms. The van der Waals surface area contributed by atoms with Gasteiger partial charge >= 0.3 is 17.9 Å². The molecule has 0 atom stereocenters. The first-order valence-corrected chi connectivity index (χ1v) is 4.35. The highest BCUT2D eigenvalue weighted by molar-refractivity contribution is 5.95. The molecule has 88 valence electrons. The number of aliphatic carboxylic acids is 1. The van der Waals surface area contributed by atoms with Crippen molar-refractivity contribution in [3.8, 4) is 0 Å². The van der Waals surface area contributed by atoms with Gasteiger partial charge in [-0.3, -0.25) is 0 Å². The Kier molecular flexibility index (Phi) is 6.27. The molecule has 16 heavy (non-hydrogen) atoms. The van der Waals surface area contributed by atoms with E-state index in [4.69, 9.17) is 5.11 Å². The average Bonchev–Trinajstić information content (AvgIpc) is 2.22. The number of hydrogen-bond donors (Lipinski definition) is 1. The molecule has 1 N–H and O–H groups in total. The van der Waals surface area contributed by atoms with Crippen molar-refractivity contribution in [1.82, 2.24) is 0 Å². The van der Waals surface area contributed by atoms with Crippen LogP contribution in [0.15, 0.2) is 24.3 Å². The minimum absolute atomic E-state index is 0.0393. The van der Waals surface area contributed by atoms with E-state index in [1.165, 1.54) is 6.92 Å². The molecule has 0 aliphatic heterocycles. The number of hydrogen-bond acceptors (Lipinski definition) is 5. The first-order chi connectivity index (χ1) is 7.47. The van der Waals surface area contributed by atoms with E-state index in [9.17, 15) is 14.4 Å². The molecule has 0 saturated carbocycles. The summed E-state index contributed by atoms with van der Waals surface area (Å²) in [7, 11) is 0. The van der Waals surface area contributed by atoms with E-state index in [1.54, 1.807) is 0 Å². The third kappa shape index (κ3) is 6.36. The first kappa shape index (κ1) is 13.9. The van der Waals surface area contributed by atoms with Crippen LogP contribution in [0.1, 0.15) is 6.92 Å². The van der Waals surface area contributed by atoms with E-state index < -0.39 is 17.9 Å². The number of ether oxygens (including phenoxy) is 2. The summed E-state index contributed by atoms with van der Waals surface area (Å²) in [5.41, 5.74) is -0.0393. The largest absolute Gasteiger partial charge is 0.478 e. The molecule has 0 aliphatic carbocycles. The molecular formula is C10H12O6. The zero-order chi connectivity index (χ0) is 12.6. The second-order valence-corrected chi connectivity index (χ2v) is 2.67. The number of carbonyl (C=O) groups excluding carboxylic acids is 2. The summed E-state index contributed by atoms with van der Waals surface area (Å²) in [4.78, 5) is 31.9. The molecule has 0 amide bonds. The van der Waals surface area contributed by atoms with Crippen LogP contribution in [0.25, 0.3) is 0 Å². The van der Waals surface area contributed by atoms with Gasteiger partial charge in [-0.2, -0.15) is 0 Å². The molecule has 0 heterocycles. The lowest BCUT2D eigenvalue weighted by molar-refractivity contribution is -0.146. The fourth-order valence-corrected chi connectivity index (χ4v) is 0.694. The smallest absolute Gasteiger partial charge is 0.334 e. The molecule has 0 aliphatic rings. The van der Waals surface area contributed by atoms with Gasteiger partial charge in [-0.05, 0) is 6.92 Å². The van der Waals surface area contributed by atoms with Gasteiger partial charge < -0.3 is 14.6 Å². The zero-order valence-electron chi connectivity index (χ0n) is 8.76. The van der Waals surface area contributed by atoms with Crippen molar-refractivity contribution in [2.75, 3.05) is 13.2 Å². The van der Waals surface area contributed by atoms with E-state index in [-0.39, 0.29) is 18.8 Å². The number of carboxylic acid groups (broad SMARTS) is 1.